The molecular weight excluding hydrogens is 949 g/mol. The SMILES string of the molecule is [2H]C([2H])([2H])[n+]1[c-]n(-c2[c-]cccc2)c2ccccc21.[2H]C([2H])([2H])c1cnc(-c2[c-]ccc3c2oc2c(-c4ccc(-c5ccccc5)cc4)c(C#N)ccc23)cc1-c1c(C(C)C)cccc1C(C)C.[Ir+3]. The fourth-order valence-electron chi connectivity index (χ4n) is 8.25. The molecule has 0 saturated heterocycles. The van der Waals surface area contributed by atoms with Crippen LogP contribution < -0.4 is 4.57 Å². The summed E-state index contributed by atoms with van der Waals surface area (Å²) in [4.78, 5) is 4.72. The number of furan rings is 1. The smallest absolute Gasteiger partial charge is 0.500 e. The van der Waals surface area contributed by atoms with E-state index in [1.165, 1.54) is 10.8 Å². The summed E-state index contributed by atoms with van der Waals surface area (Å²) < 4.78 is 57.7. The Hall–Kier alpha value is -6.90. The number of nitriles is 1. The van der Waals surface area contributed by atoms with Gasteiger partial charge in [0.05, 0.1) is 39.3 Å². The van der Waals surface area contributed by atoms with Crippen molar-refractivity contribution in [3.63, 3.8) is 0 Å². The normalized spacial score (nSPS) is 13.0. The number of para-hydroxylation sites is 3. The maximum Gasteiger partial charge on any atom is 3.00 e. The number of nitrogens with zero attached hydrogens (tertiary/aromatic N) is 4. The molecule has 6 heteroatoms. The number of hydrogen-bond acceptors (Lipinski definition) is 3. The van der Waals surface area contributed by atoms with Crippen LogP contribution in [0.5, 0.6) is 0 Å². The van der Waals surface area contributed by atoms with Gasteiger partial charge in [0, 0.05) is 21.3 Å². The first-order valence-electron chi connectivity index (χ1n) is 23.7. The Balaban J connectivity index is 0.000000268. The van der Waals surface area contributed by atoms with Gasteiger partial charge >= 0.3 is 20.1 Å². The van der Waals surface area contributed by atoms with E-state index in [4.69, 9.17) is 17.6 Å². The molecule has 63 heavy (non-hydrogen) atoms. The third-order valence-electron chi connectivity index (χ3n) is 11.3. The van der Waals surface area contributed by atoms with Crippen molar-refractivity contribution < 1.29 is 37.3 Å². The minimum Gasteiger partial charge on any atom is -0.500 e. The molecule has 0 fully saturated rings. The molecule has 0 radical (unpaired) electrons. The first-order valence-corrected chi connectivity index (χ1v) is 20.7. The van der Waals surface area contributed by atoms with Crippen LogP contribution in [0.25, 0.3) is 83.3 Å². The maximum absolute atomic E-state index is 10.2. The largest absolute Gasteiger partial charge is 3.00 e. The monoisotopic (exact) mass is 1000 g/mol. The van der Waals surface area contributed by atoms with Gasteiger partial charge in [-0.15, -0.1) is 18.2 Å². The third-order valence-corrected chi connectivity index (χ3v) is 11.3. The van der Waals surface area contributed by atoms with Crippen LogP contribution in [0.2, 0.25) is 0 Å². The third kappa shape index (κ3) is 8.15. The van der Waals surface area contributed by atoms with Crippen LogP contribution in [0.1, 0.15) is 70.0 Å². The summed E-state index contributed by atoms with van der Waals surface area (Å²) in [5.74, 6) is 0.351. The molecule has 0 aliphatic carbocycles. The Kier molecular flexibility index (Phi) is 10.3. The second-order valence-corrected chi connectivity index (χ2v) is 15.9. The van der Waals surface area contributed by atoms with Crippen LogP contribution in [0.15, 0.2) is 162 Å². The van der Waals surface area contributed by atoms with E-state index in [9.17, 15) is 5.26 Å². The molecule has 3 aromatic heterocycles. The molecule has 0 amide bonds. The standard InChI is InChI=1S/C43H35N2O.C14H11N2.Ir/c1-26(2)33-13-9-14-34(27(3)4)41(33)38-23-39(45-25-28(38)5)37-16-10-15-35-36-22-21-32(24-44)40(43(36)46-42(35)37)31-19-17-30(18-20-31)29-11-7-6-8-12-29;1-15-11-16(12-7-3-2-4-8-12)14-10-6-5-9-13(14)15;/h6-15,17-23,25-27H,1-5H3;2-7,9-10H,1H3;/q2*-1;+3/i5D3;1D3;. The molecule has 0 bridgehead atoms. The van der Waals surface area contributed by atoms with Gasteiger partial charge < -0.3 is 18.5 Å². The van der Waals surface area contributed by atoms with E-state index in [2.05, 4.69) is 94.7 Å². The van der Waals surface area contributed by atoms with Crippen LogP contribution in [0, 0.1) is 36.6 Å². The van der Waals surface area contributed by atoms with Crippen molar-refractivity contribution >= 4 is 33.0 Å². The van der Waals surface area contributed by atoms with Gasteiger partial charge in [-0.1, -0.05) is 154 Å². The topological polar surface area (TPSA) is 58.6 Å². The molecule has 10 rings (SSSR count). The first-order chi connectivity index (χ1) is 32.6. The number of hydrogen-bond donors (Lipinski definition) is 0. The number of benzene rings is 7. The van der Waals surface area contributed by atoms with E-state index >= 15 is 0 Å². The molecule has 10 aromatic rings. The Bertz CT molecular complexity index is 3470. The number of aromatic nitrogens is 3. The Morgan fingerprint density at radius 3 is 2.10 bits per heavy atom. The fraction of sp³-hybridized carbons (Fsp3) is 0.140. The van der Waals surface area contributed by atoms with Crippen molar-refractivity contribution in [2.24, 2.45) is 6.98 Å². The van der Waals surface area contributed by atoms with Gasteiger partial charge in [-0.2, -0.15) is 35.6 Å². The number of rotatable bonds is 7. The zero-order chi connectivity index (χ0) is 47.9. The molecule has 308 valence electrons. The van der Waals surface area contributed by atoms with Crippen LogP contribution in [0.3, 0.4) is 0 Å². The number of fused-ring (bicyclic) bond motifs is 4. The fourth-order valence-corrected chi connectivity index (χ4v) is 8.25. The average Bonchev–Trinajstić information content (AvgIpc) is 3.94. The number of imidazole rings is 1. The summed E-state index contributed by atoms with van der Waals surface area (Å²) in [5.41, 5.74) is 12.8. The van der Waals surface area contributed by atoms with Crippen LogP contribution in [-0.4, -0.2) is 9.55 Å². The van der Waals surface area contributed by atoms with Crippen molar-refractivity contribution in [1.82, 2.24) is 9.55 Å². The minimum atomic E-state index is -2.37. The van der Waals surface area contributed by atoms with E-state index in [-0.39, 0.29) is 37.5 Å². The van der Waals surface area contributed by atoms with Crippen LogP contribution in [0.4, 0.5) is 0 Å². The summed E-state index contributed by atoms with van der Waals surface area (Å²) in [7, 11) is 0. The van der Waals surface area contributed by atoms with Gasteiger partial charge in [0.15, 0.2) is 0 Å². The van der Waals surface area contributed by atoms with Crippen molar-refractivity contribution in [3.8, 4) is 56.4 Å². The molecule has 5 nitrogen and oxygen atoms in total. The second-order valence-electron chi connectivity index (χ2n) is 15.9. The van der Waals surface area contributed by atoms with Gasteiger partial charge in [0.25, 0.3) is 0 Å². The second kappa shape index (κ2) is 18.2. The number of aryl methyl sites for hydroxylation is 2. The average molecular weight is 1000 g/mol. The predicted octanol–water partition coefficient (Wildman–Crippen LogP) is 13.9. The molecular formula is C57H46IrN4O+. The maximum atomic E-state index is 10.2. The van der Waals surface area contributed by atoms with Crippen molar-refractivity contribution in [2.45, 2.75) is 46.4 Å². The molecule has 3 heterocycles. The Morgan fingerprint density at radius 2 is 1.40 bits per heavy atom. The summed E-state index contributed by atoms with van der Waals surface area (Å²) in [6.45, 7) is 3.90. The molecule has 7 aromatic carbocycles. The quantitative estimate of drug-likeness (QED) is 0.118. The Labute approximate surface area is 391 Å². The summed E-state index contributed by atoms with van der Waals surface area (Å²) in [5, 5.41) is 11.9. The van der Waals surface area contributed by atoms with Gasteiger partial charge in [0.1, 0.15) is 5.58 Å². The number of pyridine rings is 1. The van der Waals surface area contributed by atoms with Gasteiger partial charge in [-0.25, -0.2) is 0 Å². The van der Waals surface area contributed by atoms with Gasteiger partial charge in [-0.05, 0) is 75.0 Å². The Morgan fingerprint density at radius 1 is 0.698 bits per heavy atom. The molecule has 0 saturated carbocycles. The van der Waals surface area contributed by atoms with Crippen molar-refractivity contribution in [3.05, 3.63) is 199 Å². The van der Waals surface area contributed by atoms with Crippen LogP contribution in [-0.2, 0) is 27.1 Å². The first kappa shape index (κ1) is 35.7. The summed E-state index contributed by atoms with van der Waals surface area (Å²) >= 11 is 0. The zero-order valence-corrected chi connectivity index (χ0v) is 37.6. The molecule has 0 aliphatic rings. The van der Waals surface area contributed by atoms with Crippen molar-refractivity contribution in [2.75, 3.05) is 0 Å². The van der Waals surface area contributed by atoms with Crippen LogP contribution >= 0.6 is 0 Å². The van der Waals surface area contributed by atoms with E-state index in [1.54, 1.807) is 16.7 Å². The predicted molar refractivity (Wildman–Crippen MR) is 252 cm³/mol. The molecule has 0 spiro atoms. The van der Waals surface area contributed by atoms with E-state index < -0.39 is 13.8 Å². The van der Waals surface area contributed by atoms with Gasteiger partial charge in [0.2, 0.25) is 6.33 Å². The van der Waals surface area contributed by atoms with Crippen molar-refractivity contribution in [1.29, 1.82) is 5.26 Å². The van der Waals surface area contributed by atoms with E-state index in [1.807, 2.05) is 97.1 Å². The minimum absolute atomic E-state index is 0. The molecule has 0 aliphatic heterocycles. The summed E-state index contributed by atoms with van der Waals surface area (Å²) in [6.07, 6.45) is 4.37. The molecule has 0 unspecified atom stereocenters. The summed E-state index contributed by atoms with van der Waals surface area (Å²) in [6, 6.07) is 57.6. The van der Waals surface area contributed by atoms with Gasteiger partial charge in [-0.3, -0.25) is 0 Å². The zero-order valence-electron chi connectivity index (χ0n) is 41.2. The molecule has 0 N–H and O–H groups in total. The molecule has 0 atom stereocenters. The van der Waals surface area contributed by atoms with E-state index in [0.29, 0.717) is 39.1 Å². The van der Waals surface area contributed by atoms with E-state index in [0.717, 1.165) is 60.9 Å².